The molecule has 2 aromatic carbocycles. The lowest BCUT2D eigenvalue weighted by molar-refractivity contribution is 0.237. The van der Waals surface area contributed by atoms with E-state index in [0.29, 0.717) is 0 Å². The molecule has 0 aromatic heterocycles. The number of rotatable bonds is 4. The van der Waals surface area contributed by atoms with Crippen LogP contribution < -0.4 is 0 Å². The van der Waals surface area contributed by atoms with Crippen LogP contribution >= 0.6 is 15.2 Å². The largest absolute Gasteiger partial charge is 0.342 e. The molecule has 0 N–H and O–H groups in total. The summed E-state index contributed by atoms with van der Waals surface area (Å²) < 4.78 is 42.3. The van der Waals surface area contributed by atoms with Crippen molar-refractivity contribution in [1.82, 2.24) is 0 Å². The van der Waals surface area contributed by atoms with Crippen LogP contribution in [0.3, 0.4) is 0 Å². The second-order valence-corrected chi connectivity index (χ2v) is 9.72. The minimum Gasteiger partial charge on any atom is -0.308 e. The molecule has 3 rings (SSSR count). The van der Waals surface area contributed by atoms with Crippen molar-refractivity contribution in [2.45, 2.75) is 26.2 Å². The summed E-state index contributed by atoms with van der Waals surface area (Å²) in [5, 5.41) is 2.10. The van der Waals surface area contributed by atoms with Gasteiger partial charge in [-0.3, -0.25) is 9.13 Å². The third-order valence-electron chi connectivity index (χ3n) is 3.62. The molecule has 2 aromatic rings. The second-order valence-electron chi connectivity index (χ2n) is 5.47. The van der Waals surface area contributed by atoms with Crippen molar-refractivity contribution < 1.29 is 22.5 Å². The third-order valence-corrected chi connectivity index (χ3v) is 8.42. The first-order chi connectivity index (χ1) is 11.0. The predicted molar refractivity (Wildman–Crippen MR) is 90.9 cm³/mol. The van der Waals surface area contributed by atoms with Crippen LogP contribution in [0.2, 0.25) is 0 Å². The van der Waals surface area contributed by atoms with Gasteiger partial charge in [-0.05, 0) is 35.7 Å². The normalized spacial score (nSPS) is 27.6. The monoisotopic (exact) mass is 354 g/mol. The van der Waals surface area contributed by atoms with E-state index < -0.39 is 15.2 Å². The van der Waals surface area contributed by atoms with Crippen molar-refractivity contribution in [3.05, 3.63) is 47.5 Å². The maximum absolute atomic E-state index is 13.0. The van der Waals surface area contributed by atoms with Gasteiger partial charge in [0.1, 0.15) is 0 Å². The van der Waals surface area contributed by atoms with E-state index >= 15 is 0 Å². The lowest BCUT2D eigenvalue weighted by Gasteiger charge is -2.25. The fourth-order valence-electron chi connectivity index (χ4n) is 2.77. The van der Waals surface area contributed by atoms with E-state index in [2.05, 4.69) is 0 Å². The molecule has 3 bridgehead atoms. The predicted octanol–water partition coefficient (Wildman–Crippen LogP) is 5.33. The van der Waals surface area contributed by atoms with Gasteiger partial charge in [0.15, 0.2) is 0 Å². The van der Waals surface area contributed by atoms with Crippen LogP contribution in [-0.2, 0) is 34.8 Å². The minimum atomic E-state index is -3.55. The molecule has 0 saturated carbocycles. The summed E-state index contributed by atoms with van der Waals surface area (Å²) in [5.41, 5.74) is 1.66. The molecule has 0 amide bonds. The first kappa shape index (κ1) is 16.9. The van der Waals surface area contributed by atoms with E-state index in [9.17, 15) is 9.13 Å². The molecular weight excluding hydrogens is 334 g/mol. The van der Waals surface area contributed by atoms with Crippen LogP contribution in [0, 0.1) is 0 Å². The number of hydrogen-bond acceptors (Lipinski definition) is 5. The van der Waals surface area contributed by atoms with Crippen LogP contribution in [0.4, 0.5) is 0 Å². The summed E-state index contributed by atoms with van der Waals surface area (Å²) in [6.45, 7) is 3.91. The smallest absolute Gasteiger partial charge is 0.308 e. The van der Waals surface area contributed by atoms with Crippen molar-refractivity contribution >= 4 is 26.0 Å². The highest BCUT2D eigenvalue weighted by molar-refractivity contribution is 7.66. The molecule has 1 aliphatic rings. The molecule has 1 heterocycles. The van der Waals surface area contributed by atoms with E-state index in [4.69, 9.17) is 13.4 Å². The molecule has 7 heteroatoms. The first-order valence-electron chi connectivity index (χ1n) is 7.65. The zero-order chi connectivity index (χ0) is 16.5. The Labute approximate surface area is 136 Å². The van der Waals surface area contributed by atoms with Crippen LogP contribution in [-0.4, -0.2) is 13.2 Å². The fraction of sp³-hybridized carbons (Fsp3) is 0.375. The van der Waals surface area contributed by atoms with E-state index in [1.54, 1.807) is 13.8 Å². The summed E-state index contributed by atoms with van der Waals surface area (Å²) in [6.07, 6.45) is 0.163. The van der Waals surface area contributed by atoms with Gasteiger partial charge in [0, 0.05) is 0 Å². The van der Waals surface area contributed by atoms with E-state index in [1.807, 2.05) is 36.4 Å². The van der Waals surface area contributed by atoms with Gasteiger partial charge >= 0.3 is 15.2 Å². The summed E-state index contributed by atoms with van der Waals surface area (Å²) in [7, 11) is -7.10. The SMILES string of the molecule is CCOP1(=O)Cc2ccc3ccc(cc3c2)CP(=O)(OCC)O1. The van der Waals surface area contributed by atoms with Gasteiger partial charge in [0.25, 0.3) is 0 Å². The maximum Gasteiger partial charge on any atom is 0.342 e. The highest BCUT2D eigenvalue weighted by Gasteiger charge is 2.37. The van der Waals surface area contributed by atoms with Crippen LogP contribution in [0.25, 0.3) is 10.8 Å². The van der Waals surface area contributed by atoms with Crippen molar-refractivity contribution in [2.75, 3.05) is 13.2 Å². The quantitative estimate of drug-likeness (QED) is 0.695. The topological polar surface area (TPSA) is 61.8 Å². The molecule has 2 unspecified atom stereocenters. The Kier molecular flexibility index (Phi) is 4.78. The van der Waals surface area contributed by atoms with Gasteiger partial charge in [-0.25, -0.2) is 4.31 Å². The molecule has 23 heavy (non-hydrogen) atoms. The Morgan fingerprint density at radius 1 is 0.870 bits per heavy atom. The molecule has 5 nitrogen and oxygen atoms in total. The molecule has 0 radical (unpaired) electrons. The molecule has 0 aliphatic carbocycles. The number of benzene rings is 2. The fourth-order valence-corrected chi connectivity index (χ4v) is 7.38. The maximum atomic E-state index is 13.0. The Morgan fingerprint density at radius 2 is 1.35 bits per heavy atom. The van der Waals surface area contributed by atoms with E-state index in [-0.39, 0.29) is 25.5 Å². The van der Waals surface area contributed by atoms with Gasteiger partial charge in [-0.2, -0.15) is 0 Å². The highest BCUT2D eigenvalue weighted by atomic mass is 31.3. The summed E-state index contributed by atoms with van der Waals surface area (Å²) >= 11 is 0. The first-order valence-corrected chi connectivity index (χ1v) is 11.1. The van der Waals surface area contributed by atoms with Crippen molar-refractivity contribution in [3.63, 3.8) is 0 Å². The second kappa shape index (κ2) is 6.51. The molecular formula is C16H20O5P2. The lowest BCUT2D eigenvalue weighted by atomic mass is 10.1. The van der Waals surface area contributed by atoms with Gasteiger partial charge < -0.3 is 9.05 Å². The molecule has 0 saturated heterocycles. The zero-order valence-electron chi connectivity index (χ0n) is 13.2. The molecule has 124 valence electrons. The van der Waals surface area contributed by atoms with Gasteiger partial charge in [0.05, 0.1) is 25.5 Å². The Balaban J connectivity index is 2.15. The Hall–Kier alpha value is -0.960. The van der Waals surface area contributed by atoms with Gasteiger partial charge in [-0.15, -0.1) is 0 Å². The summed E-state index contributed by atoms with van der Waals surface area (Å²) in [4.78, 5) is 0. The third kappa shape index (κ3) is 3.76. The average molecular weight is 354 g/mol. The Bertz CT molecular complexity index is 754. The minimum absolute atomic E-state index is 0.0814. The highest BCUT2D eigenvalue weighted by Crippen LogP contribution is 2.67. The molecule has 1 aliphatic heterocycles. The number of hydrogen-bond donors (Lipinski definition) is 0. The molecule has 0 fully saturated rings. The van der Waals surface area contributed by atoms with Crippen molar-refractivity contribution in [1.29, 1.82) is 0 Å². The Morgan fingerprint density at radius 3 is 1.78 bits per heavy atom. The van der Waals surface area contributed by atoms with Crippen LogP contribution in [0.5, 0.6) is 0 Å². The van der Waals surface area contributed by atoms with Crippen molar-refractivity contribution in [2.24, 2.45) is 0 Å². The lowest BCUT2D eigenvalue weighted by Crippen LogP contribution is -2.04. The van der Waals surface area contributed by atoms with Gasteiger partial charge in [0.2, 0.25) is 0 Å². The standard InChI is InChI=1S/C16H20O5P2/c1-3-19-22(17)11-13-5-7-15-8-6-14(10-16(15)9-13)12-23(18,21-22)20-4-2/h5-10H,3-4,11-12H2,1-2H3. The van der Waals surface area contributed by atoms with Crippen LogP contribution in [0.1, 0.15) is 25.0 Å². The van der Waals surface area contributed by atoms with E-state index in [1.165, 1.54) is 0 Å². The number of fused-ring (bicyclic) bond motifs is 2. The molecule has 2 atom stereocenters. The summed E-state index contributed by atoms with van der Waals surface area (Å²) in [5.74, 6) is 0. The van der Waals surface area contributed by atoms with Gasteiger partial charge in [-0.1, -0.05) is 36.4 Å². The zero-order valence-corrected chi connectivity index (χ0v) is 15.0. The van der Waals surface area contributed by atoms with Crippen LogP contribution in [0.15, 0.2) is 36.4 Å². The molecule has 0 spiro atoms. The summed E-state index contributed by atoms with van der Waals surface area (Å²) in [6, 6.07) is 11.7. The van der Waals surface area contributed by atoms with E-state index in [0.717, 1.165) is 21.9 Å². The van der Waals surface area contributed by atoms with Crippen molar-refractivity contribution in [3.8, 4) is 0 Å². The average Bonchev–Trinajstić information content (AvgIpc) is 2.45.